The molecule has 1 N–H and O–H groups in total. The van der Waals surface area contributed by atoms with Crippen molar-refractivity contribution in [1.82, 2.24) is 5.32 Å². The second-order valence-corrected chi connectivity index (χ2v) is 4.56. The van der Waals surface area contributed by atoms with E-state index in [1.807, 2.05) is 44.2 Å². The average Bonchev–Trinajstić information content (AvgIpc) is 2.27. The third-order valence-electron chi connectivity index (χ3n) is 2.31. The van der Waals surface area contributed by atoms with Crippen LogP contribution in [0.15, 0.2) is 43.0 Å². The third-order valence-corrected chi connectivity index (χ3v) is 2.31. The Morgan fingerprint density at radius 1 is 1.41 bits per heavy atom. The molecule has 0 heterocycles. The van der Waals surface area contributed by atoms with E-state index in [-0.39, 0.29) is 12.1 Å². The Bertz CT molecular complexity index is 371. The van der Waals surface area contributed by atoms with E-state index < -0.39 is 6.09 Å². The fourth-order valence-electron chi connectivity index (χ4n) is 1.45. The molecule has 0 saturated heterocycles. The van der Waals surface area contributed by atoms with Gasteiger partial charge in [0.25, 0.3) is 0 Å². The number of amides is 1. The molecule has 0 saturated carbocycles. The van der Waals surface area contributed by atoms with Crippen molar-refractivity contribution in [3.63, 3.8) is 0 Å². The maximum Gasteiger partial charge on any atom is 0.407 e. The lowest BCUT2D eigenvalue weighted by Gasteiger charge is -2.24. The molecule has 0 spiro atoms. The van der Waals surface area contributed by atoms with Crippen molar-refractivity contribution in [3.8, 4) is 0 Å². The minimum Gasteiger partial charge on any atom is -0.445 e. The molecule has 0 aliphatic rings. The van der Waals surface area contributed by atoms with E-state index in [1.54, 1.807) is 6.08 Å². The number of nitrogens with one attached hydrogen (secondary N) is 1. The van der Waals surface area contributed by atoms with Crippen LogP contribution < -0.4 is 5.32 Å². The van der Waals surface area contributed by atoms with E-state index in [4.69, 9.17) is 4.74 Å². The Balaban J connectivity index is 2.38. The van der Waals surface area contributed by atoms with Crippen molar-refractivity contribution < 1.29 is 9.53 Å². The largest absolute Gasteiger partial charge is 0.445 e. The standard InChI is InChI=1S/C14H19NO2/c1-4-10-14(2,3)15-13(16)17-11-12-8-6-5-7-9-12/h4-9H,1,10-11H2,2-3H3,(H,15,16). The Kier molecular flexibility index (Phi) is 4.76. The van der Waals surface area contributed by atoms with Crippen LogP contribution in [0.3, 0.4) is 0 Å². The van der Waals surface area contributed by atoms with Gasteiger partial charge in [0.2, 0.25) is 0 Å². The molecule has 3 nitrogen and oxygen atoms in total. The summed E-state index contributed by atoms with van der Waals surface area (Å²) in [7, 11) is 0. The lowest BCUT2D eigenvalue weighted by atomic mass is 10.0. The molecule has 0 atom stereocenters. The highest BCUT2D eigenvalue weighted by Gasteiger charge is 2.19. The van der Waals surface area contributed by atoms with Crippen molar-refractivity contribution in [2.75, 3.05) is 0 Å². The number of carbonyl (C=O) groups excluding carboxylic acids is 1. The summed E-state index contributed by atoms with van der Waals surface area (Å²) < 4.78 is 5.13. The van der Waals surface area contributed by atoms with Gasteiger partial charge in [0.1, 0.15) is 6.61 Å². The van der Waals surface area contributed by atoms with Crippen LogP contribution in [-0.4, -0.2) is 11.6 Å². The fourth-order valence-corrected chi connectivity index (χ4v) is 1.45. The van der Waals surface area contributed by atoms with E-state index in [2.05, 4.69) is 11.9 Å². The van der Waals surface area contributed by atoms with Gasteiger partial charge < -0.3 is 10.1 Å². The number of carbonyl (C=O) groups is 1. The SMILES string of the molecule is C=CCC(C)(C)NC(=O)OCc1ccccc1. The summed E-state index contributed by atoms with van der Waals surface area (Å²) in [6, 6.07) is 9.59. The molecule has 0 aromatic heterocycles. The Morgan fingerprint density at radius 2 is 2.06 bits per heavy atom. The molecule has 0 fully saturated rings. The maximum atomic E-state index is 11.5. The first-order valence-electron chi connectivity index (χ1n) is 5.63. The van der Waals surface area contributed by atoms with Gasteiger partial charge in [-0.25, -0.2) is 4.79 Å². The molecule has 1 rings (SSSR count). The smallest absolute Gasteiger partial charge is 0.407 e. The second-order valence-electron chi connectivity index (χ2n) is 4.56. The van der Waals surface area contributed by atoms with Gasteiger partial charge in [-0.1, -0.05) is 36.4 Å². The molecule has 1 aromatic carbocycles. The molecule has 17 heavy (non-hydrogen) atoms. The summed E-state index contributed by atoms with van der Waals surface area (Å²) in [6.07, 6.45) is 2.07. The first-order valence-corrected chi connectivity index (χ1v) is 5.63. The second kappa shape index (κ2) is 6.09. The lowest BCUT2D eigenvalue weighted by molar-refractivity contribution is 0.130. The highest BCUT2D eigenvalue weighted by atomic mass is 16.5. The van der Waals surface area contributed by atoms with Crippen LogP contribution in [0.25, 0.3) is 0 Å². The van der Waals surface area contributed by atoms with Crippen LogP contribution in [-0.2, 0) is 11.3 Å². The topological polar surface area (TPSA) is 38.3 Å². The van der Waals surface area contributed by atoms with Gasteiger partial charge in [0, 0.05) is 5.54 Å². The zero-order valence-corrected chi connectivity index (χ0v) is 10.4. The summed E-state index contributed by atoms with van der Waals surface area (Å²) in [5, 5.41) is 2.80. The third kappa shape index (κ3) is 5.20. The molecule has 0 radical (unpaired) electrons. The number of rotatable bonds is 5. The van der Waals surface area contributed by atoms with Crippen LogP contribution in [0.4, 0.5) is 4.79 Å². The Labute approximate surface area is 102 Å². The van der Waals surface area contributed by atoms with Crippen molar-refractivity contribution >= 4 is 6.09 Å². The number of hydrogen-bond acceptors (Lipinski definition) is 2. The summed E-state index contributed by atoms with van der Waals surface area (Å²) in [4.78, 5) is 11.5. The predicted octanol–water partition coefficient (Wildman–Crippen LogP) is 3.27. The molecular weight excluding hydrogens is 214 g/mol. The zero-order chi connectivity index (χ0) is 12.7. The first kappa shape index (κ1) is 13.3. The molecule has 0 aliphatic carbocycles. The van der Waals surface area contributed by atoms with Crippen molar-refractivity contribution in [2.24, 2.45) is 0 Å². The monoisotopic (exact) mass is 233 g/mol. The predicted molar refractivity (Wildman–Crippen MR) is 68.7 cm³/mol. The number of ether oxygens (including phenoxy) is 1. The molecule has 0 bridgehead atoms. The fraction of sp³-hybridized carbons (Fsp3) is 0.357. The molecule has 1 amide bonds. The number of benzene rings is 1. The molecular formula is C14H19NO2. The van der Waals surface area contributed by atoms with Gasteiger partial charge in [0.15, 0.2) is 0 Å². The molecule has 1 aromatic rings. The quantitative estimate of drug-likeness (QED) is 0.793. The average molecular weight is 233 g/mol. The van der Waals surface area contributed by atoms with Gasteiger partial charge in [0.05, 0.1) is 0 Å². The van der Waals surface area contributed by atoms with E-state index in [0.717, 1.165) is 5.56 Å². The first-order chi connectivity index (χ1) is 8.03. The molecule has 0 aliphatic heterocycles. The number of hydrogen-bond donors (Lipinski definition) is 1. The van der Waals surface area contributed by atoms with Gasteiger partial charge >= 0.3 is 6.09 Å². The van der Waals surface area contributed by atoms with Crippen molar-refractivity contribution in [1.29, 1.82) is 0 Å². The minimum atomic E-state index is -0.402. The van der Waals surface area contributed by atoms with Gasteiger partial charge in [-0.05, 0) is 25.8 Å². The Morgan fingerprint density at radius 3 is 2.65 bits per heavy atom. The molecule has 3 heteroatoms. The van der Waals surface area contributed by atoms with Crippen LogP contribution in [0, 0.1) is 0 Å². The van der Waals surface area contributed by atoms with Crippen LogP contribution in [0.2, 0.25) is 0 Å². The summed E-state index contributed by atoms with van der Waals surface area (Å²) in [5.74, 6) is 0. The normalized spacial score (nSPS) is 10.7. The highest BCUT2D eigenvalue weighted by molar-refractivity contribution is 5.68. The summed E-state index contributed by atoms with van der Waals surface area (Å²) in [5.41, 5.74) is 0.652. The zero-order valence-electron chi connectivity index (χ0n) is 10.4. The van der Waals surface area contributed by atoms with Gasteiger partial charge in [-0.3, -0.25) is 0 Å². The minimum absolute atomic E-state index is 0.289. The summed E-state index contributed by atoms with van der Waals surface area (Å²) in [6.45, 7) is 7.80. The lowest BCUT2D eigenvalue weighted by Crippen LogP contribution is -2.43. The van der Waals surface area contributed by atoms with Crippen LogP contribution >= 0.6 is 0 Å². The van der Waals surface area contributed by atoms with E-state index in [1.165, 1.54) is 0 Å². The van der Waals surface area contributed by atoms with Crippen molar-refractivity contribution in [2.45, 2.75) is 32.4 Å². The summed E-state index contributed by atoms with van der Waals surface area (Å²) >= 11 is 0. The molecule has 0 unspecified atom stereocenters. The van der Waals surface area contributed by atoms with E-state index in [0.29, 0.717) is 6.42 Å². The van der Waals surface area contributed by atoms with Gasteiger partial charge in [-0.15, -0.1) is 6.58 Å². The Hall–Kier alpha value is -1.77. The van der Waals surface area contributed by atoms with E-state index in [9.17, 15) is 4.79 Å². The number of alkyl carbamates (subject to hydrolysis) is 1. The van der Waals surface area contributed by atoms with Crippen LogP contribution in [0.5, 0.6) is 0 Å². The maximum absolute atomic E-state index is 11.5. The van der Waals surface area contributed by atoms with Crippen molar-refractivity contribution in [3.05, 3.63) is 48.6 Å². The van der Waals surface area contributed by atoms with E-state index >= 15 is 0 Å². The molecule has 92 valence electrons. The van der Waals surface area contributed by atoms with Gasteiger partial charge in [-0.2, -0.15) is 0 Å². The highest BCUT2D eigenvalue weighted by Crippen LogP contribution is 2.09. The van der Waals surface area contributed by atoms with Crippen LogP contribution in [0.1, 0.15) is 25.8 Å².